The zero-order chi connectivity index (χ0) is 11.4. The van der Waals surface area contributed by atoms with Gasteiger partial charge >= 0.3 is 11.9 Å². The van der Waals surface area contributed by atoms with Crippen molar-refractivity contribution in [2.24, 2.45) is 17.8 Å². The van der Waals surface area contributed by atoms with Crippen molar-refractivity contribution in [2.75, 3.05) is 0 Å². The maximum Gasteiger partial charge on any atom is 0.307 e. The molecule has 0 aromatic rings. The van der Waals surface area contributed by atoms with Gasteiger partial charge in [-0.3, -0.25) is 9.59 Å². The largest absolute Gasteiger partial charge is 0.481 e. The molecular weight excluding hydrogens is 196 g/mol. The van der Waals surface area contributed by atoms with Crippen molar-refractivity contribution in [1.82, 2.24) is 0 Å². The second kappa shape index (κ2) is 5.14. The first-order valence-corrected chi connectivity index (χ1v) is 5.51. The lowest BCUT2D eigenvalue weighted by atomic mass is 9.73. The number of carboxylic acids is 2. The van der Waals surface area contributed by atoms with Gasteiger partial charge in [-0.25, -0.2) is 0 Å². The molecule has 0 saturated heterocycles. The quantitative estimate of drug-likeness (QED) is 0.750. The first-order chi connectivity index (χ1) is 7.06. The van der Waals surface area contributed by atoms with Crippen molar-refractivity contribution in [3.8, 4) is 0 Å². The molecule has 1 saturated carbocycles. The van der Waals surface area contributed by atoms with Crippen LogP contribution in [0.3, 0.4) is 0 Å². The SMILES string of the molecule is CCCC1CCC(C(=O)O)C(C(=O)O)C1. The van der Waals surface area contributed by atoms with E-state index in [4.69, 9.17) is 10.2 Å². The zero-order valence-corrected chi connectivity index (χ0v) is 8.98. The summed E-state index contributed by atoms with van der Waals surface area (Å²) in [5.74, 6) is -2.89. The van der Waals surface area contributed by atoms with E-state index in [1.807, 2.05) is 0 Å². The molecule has 3 unspecified atom stereocenters. The Labute approximate surface area is 89.3 Å². The Balaban J connectivity index is 2.65. The van der Waals surface area contributed by atoms with Crippen LogP contribution in [0.25, 0.3) is 0 Å². The first-order valence-electron chi connectivity index (χ1n) is 5.51. The van der Waals surface area contributed by atoms with Crippen molar-refractivity contribution in [1.29, 1.82) is 0 Å². The summed E-state index contributed by atoms with van der Waals surface area (Å²) in [6, 6.07) is 0. The molecule has 0 bridgehead atoms. The molecule has 0 heterocycles. The fraction of sp³-hybridized carbons (Fsp3) is 0.818. The maximum absolute atomic E-state index is 11.0. The smallest absolute Gasteiger partial charge is 0.307 e. The molecule has 0 aromatic carbocycles. The molecule has 15 heavy (non-hydrogen) atoms. The van der Waals surface area contributed by atoms with Gasteiger partial charge in [0.15, 0.2) is 0 Å². The van der Waals surface area contributed by atoms with Gasteiger partial charge in [-0.05, 0) is 25.2 Å². The summed E-state index contributed by atoms with van der Waals surface area (Å²) < 4.78 is 0. The van der Waals surface area contributed by atoms with Crippen LogP contribution in [0.4, 0.5) is 0 Å². The molecule has 1 aliphatic rings. The highest BCUT2D eigenvalue weighted by molar-refractivity contribution is 5.80. The molecule has 1 rings (SSSR count). The number of hydrogen-bond donors (Lipinski definition) is 2. The Bertz CT molecular complexity index is 249. The molecule has 1 fully saturated rings. The van der Waals surface area contributed by atoms with Crippen LogP contribution < -0.4 is 0 Å². The van der Waals surface area contributed by atoms with Crippen LogP contribution in [-0.4, -0.2) is 22.2 Å². The number of aliphatic carboxylic acids is 2. The highest BCUT2D eigenvalue weighted by Crippen LogP contribution is 2.36. The molecule has 0 aromatic heterocycles. The van der Waals surface area contributed by atoms with Gasteiger partial charge in [0.2, 0.25) is 0 Å². The Kier molecular flexibility index (Phi) is 4.12. The summed E-state index contributed by atoms with van der Waals surface area (Å²) in [4.78, 5) is 21.8. The number of rotatable bonds is 4. The lowest BCUT2D eigenvalue weighted by Gasteiger charge is -2.31. The van der Waals surface area contributed by atoms with E-state index in [-0.39, 0.29) is 0 Å². The van der Waals surface area contributed by atoms with Gasteiger partial charge in [-0.1, -0.05) is 19.8 Å². The van der Waals surface area contributed by atoms with Crippen LogP contribution in [0.5, 0.6) is 0 Å². The van der Waals surface area contributed by atoms with Crippen molar-refractivity contribution in [3.05, 3.63) is 0 Å². The third kappa shape index (κ3) is 2.94. The van der Waals surface area contributed by atoms with E-state index in [0.29, 0.717) is 18.8 Å². The Hall–Kier alpha value is -1.06. The van der Waals surface area contributed by atoms with Crippen LogP contribution in [0.1, 0.15) is 39.0 Å². The van der Waals surface area contributed by atoms with Gasteiger partial charge < -0.3 is 10.2 Å². The average molecular weight is 214 g/mol. The molecule has 3 atom stereocenters. The lowest BCUT2D eigenvalue weighted by molar-refractivity contribution is -0.156. The molecule has 4 heteroatoms. The number of carboxylic acid groups (broad SMARTS) is 2. The minimum absolute atomic E-state index is 0.395. The summed E-state index contributed by atoms with van der Waals surface area (Å²) in [6.07, 6.45) is 3.94. The minimum atomic E-state index is -0.961. The summed E-state index contributed by atoms with van der Waals surface area (Å²) in [5.41, 5.74) is 0. The molecule has 2 N–H and O–H groups in total. The van der Waals surface area contributed by atoms with E-state index >= 15 is 0 Å². The van der Waals surface area contributed by atoms with E-state index < -0.39 is 23.8 Å². The van der Waals surface area contributed by atoms with Crippen LogP contribution in [0, 0.1) is 17.8 Å². The minimum Gasteiger partial charge on any atom is -0.481 e. The Morgan fingerprint density at radius 1 is 1.13 bits per heavy atom. The van der Waals surface area contributed by atoms with Gasteiger partial charge in [-0.15, -0.1) is 0 Å². The normalized spacial score (nSPS) is 31.1. The molecule has 0 radical (unpaired) electrons. The third-order valence-electron chi connectivity index (χ3n) is 3.29. The van der Waals surface area contributed by atoms with Crippen LogP contribution in [0.15, 0.2) is 0 Å². The second-order valence-corrected chi connectivity index (χ2v) is 4.36. The maximum atomic E-state index is 11.0. The average Bonchev–Trinajstić information content (AvgIpc) is 2.17. The predicted molar refractivity (Wildman–Crippen MR) is 54.5 cm³/mol. The van der Waals surface area contributed by atoms with Gasteiger partial charge in [-0.2, -0.15) is 0 Å². The van der Waals surface area contributed by atoms with Gasteiger partial charge in [0, 0.05) is 0 Å². The molecule has 0 spiro atoms. The van der Waals surface area contributed by atoms with E-state index in [1.54, 1.807) is 0 Å². The molecule has 1 aliphatic carbocycles. The molecule has 4 nitrogen and oxygen atoms in total. The third-order valence-corrected chi connectivity index (χ3v) is 3.29. The van der Waals surface area contributed by atoms with Crippen LogP contribution in [0.2, 0.25) is 0 Å². The van der Waals surface area contributed by atoms with Crippen LogP contribution >= 0.6 is 0 Å². The van der Waals surface area contributed by atoms with Gasteiger partial charge in [0.1, 0.15) is 0 Å². The van der Waals surface area contributed by atoms with Crippen molar-refractivity contribution in [2.45, 2.75) is 39.0 Å². The van der Waals surface area contributed by atoms with E-state index in [1.165, 1.54) is 0 Å². The van der Waals surface area contributed by atoms with Crippen molar-refractivity contribution < 1.29 is 19.8 Å². The standard InChI is InChI=1S/C11H18O4/c1-2-3-7-4-5-8(10(12)13)9(6-7)11(14)15/h7-9H,2-6H2,1H3,(H,12,13)(H,14,15). The Morgan fingerprint density at radius 3 is 2.20 bits per heavy atom. The van der Waals surface area contributed by atoms with E-state index in [0.717, 1.165) is 19.3 Å². The highest BCUT2D eigenvalue weighted by atomic mass is 16.4. The predicted octanol–water partition coefficient (Wildman–Crippen LogP) is 1.99. The van der Waals surface area contributed by atoms with Crippen molar-refractivity contribution in [3.63, 3.8) is 0 Å². The van der Waals surface area contributed by atoms with Crippen LogP contribution in [-0.2, 0) is 9.59 Å². The summed E-state index contributed by atoms with van der Waals surface area (Å²) in [5, 5.41) is 17.9. The Morgan fingerprint density at radius 2 is 1.73 bits per heavy atom. The summed E-state index contributed by atoms with van der Waals surface area (Å²) in [7, 11) is 0. The molecule has 86 valence electrons. The first kappa shape index (κ1) is 12.0. The molecular formula is C11H18O4. The number of hydrogen-bond acceptors (Lipinski definition) is 2. The van der Waals surface area contributed by atoms with Gasteiger partial charge in [0.05, 0.1) is 11.8 Å². The fourth-order valence-electron chi connectivity index (χ4n) is 2.50. The van der Waals surface area contributed by atoms with Gasteiger partial charge in [0.25, 0.3) is 0 Å². The molecule has 0 amide bonds. The summed E-state index contributed by atoms with van der Waals surface area (Å²) in [6.45, 7) is 2.07. The van der Waals surface area contributed by atoms with Crippen molar-refractivity contribution >= 4 is 11.9 Å². The molecule has 0 aliphatic heterocycles. The zero-order valence-electron chi connectivity index (χ0n) is 8.98. The monoisotopic (exact) mass is 214 g/mol. The van der Waals surface area contributed by atoms with E-state index in [9.17, 15) is 9.59 Å². The number of carbonyl (C=O) groups is 2. The fourth-order valence-corrected chi connectivity index (χ4v) is 2.50. The summed E-state index contributed by atoms with van der Waals surface area (Å²) >= 11 is 0. The highest BCUT2D eigenvalue weighted by Gasteiger charge is 2.38. The van der Waals surface area contributed by atoms with E-state index in [2.05, 4.69) is 6.92 Å². The second-order valence-electron chi connectivity index (χ2n) is 4.36. The lowest BCUT2D eigenvalue weighted by Crippen LogP contribution is -2.35. The topological polar surface area (TPSA) is 74.6 Å².